The van der Waals surface area contributed by atoms with Crippen LogP contribution in [0.1, 0.15) is 43.5 Å². The molecule has 1 amide bonds. The summed E-state index contributed by atoms with van der Waals surface area (Å²) in [5, 5.41) is 6.19. The van der Waals surface area contributed by atoms with E-state index in [4.69, 9.17) is 5.73 Å². The molecule has 20 heavy (non-hydrogen) atoms. The number of carbonyl (C=O) groups excluding carboxylic acids is 1. The Morgan fingerprint density at radius 2 is 2.00 bits per heavy atom. The van der Waals surface area contributed by atoms with Gasteiger partial charge in [0.2, 0.25) is 0 Å². The largest absolute Gasteiger partial charge is 0.399 e. The minimum atomic E-state index is -0.0790. The Hall–Kier alpha value is -1.71. The van der Waals surface area contributed by atoms with Gasteiger partial charge in [-0.05, 0) is 49.3 Å². The summed E-state index contributed by atoms with van der Waals surface area (Å²) in [4.78, 5) is 11.9. The highest BCUT2D eigenvalue weighted by Crippen LogP contribution is 2.32. The van der Waals surface area contributed by atoms with Gasteiger partial charge in [-0.1, -0.05) is 13.8 Å². The van der Waals surface area contributed by atoms with E-state index in [2.05, 4.69) is 24.5 Å². The zero-order chi connectivity index (χ0) is 14.7. The molecular formula is C16H25N3O. The molecule has 0 heterocycles. The second-order valence-corrected chi connectivity index (χ2v) is 5.99. The maximum atomic E-state index is 11.9. The Morgan fingerprint density at radius 3 is 2.65 bits per heavy atom. The van der Waals surface area contributed by atoms with E-state index < -0.39 is 0 Å². The average molecular weight is 275 g/mol. The van der Waals surface area contributed by atoms with Crippen molar-refractivity contribution in [3.63, 3.8) is 0 Å². The van der Waals surface area contributed by atoms with Crippen molar-refractivity contribution < 1.29 is 4.79 Å². The van der Waals surface area contributed by atoms with Crippen LogP contribution >= 0.6 is 0 Å². The van der Waals surface area contributed by atoms with Crippen molar-refractivity contribution in [1.29, 1.82) is 0 Å². The van der Waals surface area contributed by atoms with Gasteiger partial charge in [-0.3, -0.25) is 4.79 Å². The lowest BCUT2D eigenvalue weighted by atomic mass is 9.79. The molecule has 1 aliphatic rings. The Morgan fingerprint density at radius 1 is 1.25 bits per heavy atom. The first kappa shape index (κ1) is 14.7. The summed E-state index contributed by atoms with van der Waals surface area (Å²) in [6.07, 6.45) is 3.52. The minimum Gasteiger partial charge on any atom is -0.399 e. The van der Waals surface area contributed by atoms with Crippen LogP contribution in [0.25, 0.3) is 0 Å². The van der Waals surface area contributed by atoms with E-state index in [1.54, 1.807) is 19.2 Å². The fraction of sp³-hybridized carbons (Fsp3) is 0.562. The van der Waals surface area contributed by atoms with E-state index in [1.807, 2.05) is 6.07 Å². The van der Waals surface area contributed by atoms with Gasteiger partial charge in [-0.25, -0.2) is 0 Å². The standard InChI is InChI=1S/C16H25N3O/c1-10-4-6-13(8-11(10)2)19-15-9-12(17)5-7-14(15)16(20)18-3/h5,7,9-11,13,19H,4,6,8,17H2,1-3H3,(H,18,20). The average Bonchev–Trinajstić information content (AvgIpc) is 2.42. The summed E-state index contributed by atoms with van der Waals surface area (Å²) in [5.41, 5.74) is 8.03. The van der Waals surface area contributed by atoms with Crippen LogP contribution in [-0.2, 0) is 0 Å². The summed E-state index contributed by atoms with van der Waals surface area (Å²) < 4.78 is 0. The molecule has 0 radical (unpaired) electrons. The van der Waals surface area contributed by atoms with Gasteiger partial charge in [-0.15, -0.1) is 0 Å². The number of benzene rings is 1. The third-order valence-electron chi connectivity index (χ3n) is 4.47. The summed E-state index contributed by atoms with van der Waals surface area (Å²) >= 11 is 0. The molecule has 1 aliphatic carbocycles. The van der Waals surface area contributed by atoms with Crippen LogP contribution in [0, 0.1) is 11.8 Å². The Balaban J connectivity index is 2.16. The quantitative estimate of drug-likeness (QED) is 0.743. The molecule has 1 aromatic rings. The fourth-order valence-electron chi connectivity index (χ4n) is 2.91. The lowest BCUT2D eigenvalue weighted by molar-refractivity contribution is 0.0964. The number of rotatable bonds is 3. The van der Waals surface area contributed by atoms with Gasteiger partial charge in [0, 0.05) is 24.5 Å². The monoisotopic (exact) mass is 275 g/mol. The van der Waals surface area contributed by atoms with Crippen LogP contribution in [0.5, 0.6) is 0 Å². The number of amides is 1. The van der Waals surface area contributed by atoms with Crippen LogP contribution in [0.4, 0.5) is 11.4 Å². The predicted octanol–water partition coefficient (Wildman–Crippen LogP) is 2.87. The van der Waals surface area contributed by atoms with Crippen LogP contribution in [0.15, 0.2) is 18.2 Å². The number of carbonyl (C=O) groups is 1. The van der Waals surface area contributed by atoms with Crippen LogP contribution in [0.2, 0.25) is 0 Å². The van der Waals surface area contributed by atoms with Gasteiger partial charge >= 0.3 is 0 Å². The minimum absolute atomic E-state index is 0.0790. The molecule has 3 unspecified atom stereocenters. The molecule has 0 aromatic heterocycles. The Kier molecular flexibility index (Phi) is 4.53. The number of hydrogen-bond donors (Lipinski definition) is 3. The van der Waals surface area contributed by atoms with Gasteiger partial charge in [0.1, 0.15) is 0 Å². The number of nitrogens with one attached hydrogen (secondary N) is 2. The summed E-state index contributed by atoms with van der Waals surface area (Å²) in [6, 6.07) is 5.83. The number of nitrogens with two attached hydrogens (primary N) is 1. The van der Waals surface area contributed by atoms with Crippen molar-refractivity contribution in [1.82, 2.24) is 5.32 Å². The van der Waals surface area contributed by atoms with Gasteiger partial charge < -0.3 is 16.4 Å². The van der Waals surface area contributed by atoms with E-state index in [9.17, 15) is 4.79 Å². The third-order valence-corrected chi connectivity index (χ3v) is 4.47. The molecule has 0 aliphatic heterocycles. The number of hydrogen-bond acceptors (Lipinski definition) is 3. The van der Waals surface area contributed by atoms with Crippen LogP contribution in [0.3, 0.4) is 0 Å². The molecule has 110 valence electrons. The highest BCUT2D eigenvalue weighted by molar-refractivity contribution is 6.00. The van der Waals surface area contributed by atoms with Crippen molar-refractivity contribution in [2.45, 2.75) is 39.2 Å². The molecule has 1 fully saturated rings. The molecule has 0 saturated heterocycles. The first-order valence-corrected chi connectivity index (χ1v) is 7.39. The van der Waals surface area contributed by atoms with E-state index >= 15 is 0 Å². The highest BCUT2D eigenvalue weighted by Gasteiger charge is 2.25. The molecule has 4 N–H and O–H groups in total. The lowest BCUT2D eigenvalue weighted by Gasteiger charge is -2.33. The van der Waals surface area contributed by atoms with Gasteiger partial charge in [-0.2, -0.15) is 0 Å². The highest BCUT2D eigenvalue weighted by atomic mass is 16.1. The first-order valence-electron chi connectivity index (χ1n) is 7.39. The predicted molar refractivity (Wildman–Crippen MR) is 83.8 cm³/mol. The molecule has 1 saturated carbocycles. The van der Waals surface area contributed by atoms with Crippen LogP contribution < -0.4 is 16.4 Å². The smallest absolute Gasteiger partial charge is 0.253 e. The molecule has 4 heteroatoms. The van der Waals surface area contributed by atoms with E-state index in [-0.39, 0.29) is 5.91 Å². The number of anilines is 2. The van der Waals surface area contributed by atoms with Crippen LogP contribution in [-0.4, -0.2) is 19.0 Å². The summed E-state index contributed by atoms with van der Waals surface area (Å²) in [6.45, 7) is 4.62. The molecule has 1 aromatic carbocycles. The third kappa shape index (κ3) is 3.24. The molecule has 0 spiro atoms. The topological polar surface area (TPSA) is 67.2 Å². The molecule has 2 rings (SSSR count). The molecule has 0 bridgehead atoms. The Bertz CT molecular complexity index is 487. The summed E-state index contributed by atoms with van der Waals surface area (Å²) in [7, 11) is 1.65. The van der Waals surface area contributed by atoms with E-state index in [0.717, 1.165) is 24.4 Å². The van der Waals surface area contributed by atoms with Crippen molar-refractivity contribution >= 4 is 17.3 Å². The first-order chi connectivity index (χ1) is 9.51. The molecular weight excluding hydrogens is 250 g/mol. The summed E-state index contributed by atoms with van der Waals surface area (Å²) in [5.74, 6) is 1.42. The zero-order valence-corrected chi connectivity index (χ0v) is 12.6. The van der Waals surface area contributed by atoms with E-state index in [1.165, 1.54) is 6.42 Å². The zero-order valence-electron chi connectivity index (χ0n) is 12.6. The molecule has 3 atom stereocenters. The second kappa shape index (κ2) is 6.16. The number of nitrogen functional groups attached to an aromatic ring is 1. The van der Waals surface area contributed by atoms with Gasteiger partial charge in [0.05, 0.1) is 5.56 Å². The Labute approximate surface area is 121 Å². The maximum Gasteiger partial charge on any atom is 0.253 e. The van der Waals surface area contributed by atoms with Gasteiger partial charge in [0.25, 0.3) is 5.91 Å². The normalized spacial score (nSPS) is 26.1. The van der Waals surface area contributed by atoms with Crippen molar-refractivity contribution in [3.05, 3.63) is 23.8 Å². The fourth-order valence-corrected chi connectivity index (χ4v) is 2.91. The SMILES string of the molecule is CNC(=O)c1ccc(N)cc1NC1CCC(C)C(C)C1. The van der Waals surface area contributed by atoms with Crippen molar-refractivity contribution in [3.8, 4) is 0 Å². The van der Waals surface area contributed by atoms with E-state index in [0.29, 0.717) is 23.2 Å². The second-order valence-electron chi connectivity index (χ2n) is 5.99. The van der Waals surface area contributed by atoms with Crippen molar-refractivity contribution in [2.75, 3.05) is 18.1 Å². The maximum absolute atomic E-state index is 11.9. The van der Waals surface area contributed by atoms with Gasteiger partial charge in [0.15, 0.2) is 0 Å². The molecule has 4 nitrogen and oxygen atoms in total. The lowest BCUT2D eigenvalue weighted by Crippen LogP contribution is -2.31. The van der Waals surface area contributed by atoms with Crippen molar-refractivity contribution in [2.24, 2.45) is 11.8 Å².